The minimum absolute atomic E-state index is 0.0962. The van der Waals surface area contributed by atoms with E-state index in [1.807, 2.05) is 6.92 Å². The summed E-state index contributed by atoms with van der Waals surface area (Å²) < 4.78 is 13.4. The molecule has 0 spiro atoms. The summed E-state index contributed by atoms with van der Waals surface area (Å²) in [6.45, 7) is 4.97. The van der Waals surface area contributed by atoms with Crippen LogP contribution in [0.15, 0.2) is 12.1 Å². The van der Waals surface area contributed by atoms with Crippen LogP contribution in [-0.2, 0) is 17.6 Å². The van der Waals surface area contributed by atoms with Crippen molar-refractivity contribution in [3.8, 4) is 5.75 Å². The maximum atomic E-state index is 13.4. The van der Waals surface area contributed by atoms with Gasteiger partial charge >= 0.3 is 5.97 Å². The van der Waals surface area contributed by atoms with Crippen molar-refractivity contribution in [2.45, 2.75) is 33.6 Å². The number of carboxylic acids is 1. The lowest BCUT2D eigenvalue weighted by atomic mass is 9.85. The lowest BCUT2D eigenvalue weighted by Crippen LogP contribution is -2.26. The van der Waals surface area contributed by atoms with Gasteiger partial charge in [-0.2, -0.15) is 0 Å². The van der Waals surface area contributed by atoms with E-state index in [0.717, 1.165) is 5.56 Å². The Kier molecular flexibility index (Phi) is 3.76. The van der Waals surface area contributed by atoms with E-state index in [0.29, 0.717) is 12.0 Å². The number of aryl methyl sites for hydroxylation is 1. The van der Waals surface area contributed by atoms with Crippen molar-refractivity contribution >= 4 is 5.97 Å². The van der Waals surface area contributed by atoms with Gasteiger partial charge in [0, 0.05) is 0 Å². The van der Waals surface area contributed by atoms with E-state index in [-0.39, 0.29) is 6.42 Å². The zero-order valence-electron chi connectivity index (χ0n) is 10.2. The molecule has 0 amide bonds. The Balaban J connectivity index is 3.14. The number of halogens is 1. The van der Waals surface area contributed by atoms with Gasteiger partial charge in [0.1, 0.15) is 0 Å². The highest BCUT2D eigenvalue weighted by atomic mass is 19.1. The van der Waals surface area contributed by atoms with Gasteiger partial charge in [-0.3, -0.25) is 4.79 Å². The first-order valence-electron chi connectivity index (χ1n) is 5.51. The highest BCUT2D eigenvalue weighted by molar-refractivity contribution is 5.74. The van der Waals surface area contributed by atoms with Crippen LogP contribution >= 0.6 is 0 Å². The van der Waals surface area contributed by atoms with Gasteiger partial charge in [-0.15, -0.1) is 0 Å². The number of aliphatic carboxylic acids is 1. The molecule has 1 aromatic rings. The predicted octanol–water partition coefficient (Wildman–Crippen LogP) is 2.75. The Hall–Kier alpha value is -1.58. The molecule has 0 aliphatic carbocycles. The van der Waals surface area contributed by atoms with Crippen molar-refractivity contribution in [1.29, 1.82) is 0 Å². The average Bonchev–Trinajstić information content (AvgIpc) is 2.23. The minimum atomic E-state index is -1.03. The molecule has 1 rings (SSSR count). The Morgan fingerprint density at radius 1 is 1.41 bits per heavy atom. The molecule has 2 N–H and O–H groups in total. The quantitative estimate of drug-likeness (QED) is 0.850. The molecule has 94 valence electrons. The third-order valence-corrected chi connectivity index (χ3v) is 2.82. The molecule has 1 aromatic carbocycles. The number of phenols is 1. The lowest BCUT2D eigenvalue weighted by molar-refractivity contribution is -0.146. The monoisotopic (exact) mass is 240 g/mol. The van der Waals surface area contributed by atoms with Crippen LogP contribution in [0.4, 0.5) is 4.39 Å². The average molecular weight is 240 g/mol. The summed E-state index contributed by atoms with van der Waals surface area (Å²) >= 11 is 0. The number of carbonyl (C=O) groups is 1. The van der Waals surface area contributed by atoms with Gasteiger partial charge in [0.05, 0.1) is 5.41 Å². The number of hydrogen-bond donors (Lipinski definition) is 2. The molecule has 0 fully saturated rings. The number of phenolic OH excluding ortho intramolecular Hbond substituents is 1. The lowest BCUT2D eigenvalue weighted by Gasteiger charge is -2.20. The van der Waals surface area contributed by atoms with E-state index in [1.165, 1.54) is 6.07 Å². The molecule has 3 nitrogen and oxygen atoms in total. The van der Waals surface area contributed by atoms with Crippen molar-refractivity contribution in [3.63, 3.8) is 0 Å². The standard InChI is InChI=1S/C13H17FO3/c1-4-8-5-9(11(15)10(14)6-8)7-13(2,3)12(16)17/h5-6,15H,4,7H2,1-3H3,(H,16,17). The highest BCUT2D eigenvalue weighted by Crippen LogP contribution is 2.30. The normalized spacial score (nSPS) is 11.5. The largest absolute Gasteiger partial charge is 0.505 e. The summed E-state index contributed by atoms with van der Waals surface area (Å²) in [5.41, 5.74) is 0.0572. The third kappa shape index (κ3) is 2.96. The van der Waals surface area contributed by atoms with Crippen LogP contribution < -0.4 is 0 Å². The van der Waals surface area contributed by atoms with E-state index >= 15 is 0 Å². The second kappa shape index (κ2) is 4.73. The van der Waals surface area contributed by atoms with Crippen LogP contribution in [0.5, 0.6) is 5.75 Å². The summed E-state index contributed by atoms with van der Waals surface area (Å²) in [6.07, 6.45) is 0.733. The van der Waals surface area contributed by atoms with Crippen LogP contribution in [0.2, 0.25) is 0 Å². The van der Waals surface area contributed by atoms with E-state index in [1.54, 1.807) is 19.9 Å². The van der Waals surface area contributed by atoms with Crippen LogP contribution in [0.1, 0.15) is 31.9 Å². The first kappa shape index (κ1) is 13.5. The molecule has 0 unspecified atom stereocenters. The van der Waals surface area contributed by atoms with E-state index in [9.17, 15) is 14.3 Å². The number of carboxylic acid groups (broad SMARTS) is 1. The first-order valence-corrected chi connectivity index (χ1v) is 5.51. The van der Waals surface area contributed by atoms with Crippen molar-refractivity contribution in [3.05, 3.63) is 29.1 Å². The van der Waals surface area contributed by atoms with Crippen molar-refractivity contribution in [2.24, 2.45) is 5.41 Å². The summed E-state index contributed by atoms with van der Waals surface area (Å²) in [5.74, 6) is -2.11. The van der Waals surface area contributed by atoms with Gasteiger partial charge in [0.2, 0.25) is 0 Å². The zero-order valence-corrected chi connectivity index (χ0v) is 10.2. The molecule has 0 saturated heterocycles. The van der Waals surface area contributed by atoms with Gasteiger partial charge in [-0.1, -0.05) is 13.0 Å². The summed E-state index contributed by atoms with van der Waals surface area (Å²) in [7, 11) is 0. The number of rotatable bonds is 4. The summed E-state index contributed by atoms with van der Waals surface area (Å²) in [6, 6.07) is 2.93. The molecule has 4 heteroatoms. The third-order valence-electron chi connectivity index (χ3n) is 2.82. The van der Waals surface area contributed by atoms with Crippen LogP contribution in [-0.4, -0.2) is 16.2 Å². The fourth-order valence-electron chi connectivity index (χ4n) is 1.61. The maximum absolute atomic E-state index is 13.4. The molecule has 17 heavy (non-hydrogen) atoms. The van der Waals surface area contributed by atoms with Gasteiger partial charge < -0.3 is 10.2 Å². The van der Waals surface area contributed by atoms with Gasteiger partial charge in [0.15, 0.2) is 11.6 Å². The molecule has 0 aromatic heterocycles. The molecule has 0 aliphatic heterocycles. The Morgan fingerprint density at radius 2 is 2.00 bits per heavy atom. The first-order chi connectivity index (χ1) is 7.77. The fourth-order valence-corrected chi connectivity index (χ4v) is 1.61. The Bertz CT molecular complexity index is 439. The second-order valence-electron chi connectivity index (χ2n) is 4.80. The van der Waals surface area contributed by atoms with Crippen LogP contribution in [0, 0.1) is 11.2 Å². The molecule has 0 bridgehead atoms. The number of benzene rings is 1. The van der Waals surface area contributed by atoms with E-state index in [2.05, 4.69) is 0 Å². The molecule has 0 radical (unpaired) electrons. The summed E-state index contributed by atoms with van der Waals surface area (Å²) in [5, 5.41) is 18.6. The maximum Gasteiger partial charge on any atom is 0.309 e. The van der Waals surface area contributed by atoms with Crippen molar-refractivity contribution in [1.82, 2.24) is 0 Å². The van der Waals surface area contributed by atoms with Crippen LogP contribution in [0.25, 0.3) is 0 Å². The van der Waals surface area contributed by atoms with Crippen molar-refractivity contribution in [2.75, 3.05) is 0 Å². The fraction of sp³-hybridized carbons (Fsp3) is 0.462. The molecular weight excluding hydrogens is 223 g/mol. The second-order valence-corrected chi connectivity index (χ2v) is 4.80. The number of aromatic hydroxyl groups is 1. The molecule has 0 saturated carbocycles. The highest BCUT2D eigenvalue weighted by Gasteiger charge is 2.29. The number of hydrogen-bond acceptors (Lipinski definition) is 2. The van der Waals surface area contributed by atoms with E-state index in [4.69, 9.17) is 5.11 Å². The smallest absolute Gasteiger partial charge is 0.309 e. The van der Waals surface area contributed by atoms with E-state index < -0.39 is 23.0 Å². The Morgan fingerprint density at radius 3 is 2.47 bits per heavy atom. The van der Waals surface area contributed by atoms with Crippen LogP contribution in [0.3, 0.4) is 0 Å². The summed E-state index contributed by atoms with van der Waals surface area (Å²) in [4.78, 5) is 11.0. The van der Waals surface area contributed by atoms with Gasteiger partial charge in [0.25, 0.3) is 0 Å². The minimum Gasteiger partial charge on any atom is -0.505 e. The van der Waals surface area contributed by atoms with Crippen molar-refractivity contribution < 1.29 is 19.4 Å². The SMILES string of the molecule is CCc1cc(F)c(O)c(CC(C)(C)C(=O)O)c1. The topological polar surface area (TPSA) is 57.5 Å². The predicted molar refractivity (Wildman–Crippen MR) is 62.6 cm³/mol. The zero-order chi connectivity index (χ0) is 13.2. The Labute approximate surface area is 99.9 Å². The van der Waals surface area contributed by atoms with Gasteiger partial charge in [-0.25, -0.2) is 4.39 Å². The molecule has 0 atom stereocenters. The molecule has 0 aliphatic rings. The molecular formula is C13H17FO3. The van der Waals surface area contributed by atoms with Gasteiger partial charge in [-0.05, 0) is 43.9 Å². The molecule has 0 heterocycles.